The molecule has 1 fully saturated rings. The molecule has 2 aliphatic carbocycles. The Bertz CT molecular complexity index is 407. The number of fused-ring (bicyclic) bond motifs is 2. The summed E-state index contributed by atoms with van der Waals surface area (Å²) in [6.07, 6.45) is 7.23. The molecule has 5 nitrogen and oxygen atoms in total. The number of carboxylic acid groups (broad SMARTS) is 1. The van der Waals surface area contributed by atoms with E-state index in [9.17, 15) is 14.7 Å². The number of rotatable bonds is 7. The van der Waals surface area contributed by atoms with Crippen molar-refractivity contribution in [2.24, 2.45) is 23.7 Å². The van der Waals surface area contributed by atoms with E-state index in [0.717, 1.165) is 25.7 Å². The fraction of sp³-hybridized carbons (Fsp3) is 0.733. The van der Waals surface area contributed by atoms with Crippen molar-refractivity contribution in [3.05, 3.63) is 12.2 Å². The van der Waals surface area contributed by atoms with E-state index in [-0.39, 0.29) is 24.3 Å². The zero-order valence-corrected chi connectivity index (χ0v) is 11.9. The molecule has 0 radical (unpaired) electrons. The van der Waals surface area contributed by atoms with Crippen LogP contribution in [0.25, 0.3) is 0 Å². The Labute approximate surface area is 119 Å². The minimum absolute atomic E-state index is 0.0224. The highest BCUT2D eigenvalue weighted by Gasteiger charge is 2.52. The van der Waals surface area contributed by atoms with Crippen LogP contribution in [0.3, 0.4) is 0 Å². The quantitative estimate of drug-likeness (QED) is 0.541. The minimum atomic E-state index is -0.853. The van der Waals surface area contributed by atoms with Gasteiger partial charge in [0.05, 0.1) is 11.8 Å². The van der Waals surface area contributed by atoms with Crippen LogP contribution in [-0.4, -0.2) is 47.2 Å². The van der Waals surface area contributed by atoms with Gasteiger partial charge in [0.15, 0.2) is 0 Å². The predicted molar refractivity (Wildman–Crippen MR) is 73.9 cm³/mol. The van der Waals surface area contributed by atoms with Gasteiger partial charge in [0, 0.05) is 20.2 Å². The normalized spacial score (nSPS) is 30.7. The summed E-state index contributed by atoms with van der Waals surface area (Å²) in [4.78, 5) is 25.5. The van der Waals surface area contributed by atoms with E-state index in [1.807, 2.05) is 12.2 Å². The van der Waals surface area contributed by atoms with E-state index in [4.69, 9.17) is 5.11 Å². The maximum Gasteiger partial charge on any atom is 0.307 e. The number of nitrogens with zero attached hydrogens (tertiary/aromatic N) is 1. The molecule has 0 aromatic heterocycles. The van der Waals surface area contributed by atoms with Gasteiger partial charge in [0.25, 0.3) is 0 Å². The molecule has 20 heavy (non-hydrogen) atoms. The van der Waals surface area contributed by atoms with E-state index in [2.05, 4.69) is 0 Å². The van der Waals surface area contributed by atoms with Gasteiger partial charge in [-0.3, -0.25) is 9.59 Å². The van der Waals surface area contributed by atoms with Crippen molar-refractivity contribution in [2.45, 2.75) is 25.7 Å². The highest BCUT2D eigenvalue weighted by atomic mass is 16.4. The van der Waals surface area contributed by atoms with Gasteiger partial charge in [0.1, 0.15) is 0 Å². The molecule has 2 N–H and O–H groups in total. The van der Waals surface area contributed by atoms with Gasteiger partial charge < -0.3 is 15.1 Å². The number of carboxylic acids is 1. The Hall–Kier alpha value is -1.36. The molecule has 0 aromatic rings. The molecule has 112 valence electrons. The van der Waals surface area contributed by atoms with Crippen LogP contribution in [-0.2, 0) is 9.59 Å². The highest BCUT2D eigenvalue weighted by Crippen LogP contribution is 2.48. The second-order valence-corrected chi connectivity index (χ2v) is 5.88. The van der Waals surface area contributed by atoms with Crippen molar-refractivity contribution in [2.75, 3.05) is 20.2 Å². The fourth-order valence-corrected chi connectivity index (χ4v) is 3.50. The lowest BCUT2D eigenvalue weighted by Gasteiger charge is -2.28. The number of aliphatic hydroxyl groups excluding tert-OH is 1. The summed E-state index contributed by atoms with van der Waals surface area (Å²) >= 11 is 0. The van der Waals surface area contributed by atoms with Crippen LogP contribution in [0.4, 0.5) is 0 Å². The van der Waals surface area contributed by atoms with E-state index in [0.29, 0.717) is 6.54 Å². The third-order valence-electron chi connectivity index (χ3n) is 4.56. The van der Waals surface area contributed by atoms with Crippen LogP contribution in [0.15, 0.2) is 12.2 Å². The smallest absolute Gasteiger partial charge is 0.307 e. The molecule has 4 unspecified atom stereocenters. The Balaban J connectivity index is 1.94. The van der Waals surface area contributed by atoms with Crippen LogP contribution in [0.5, 0.6) is 0 Å². The molecule has 0 spiro atoms. The van der Waals surface area contributed by atoms with Crippen LogP contribution < -0.4 is 0 Å². The molecule has 0 aromatic carbocycles. The molecular weight excluding hydrogens is 258 g/mol. The summed E-state index contributed by atoms with van der Waals surface area (Å²) in [7, 11) is 1.75. The third kappa shape index (κ3) is 2.87. The third-order valence-corrected chi connectivity index (χ3v) is 4.56. The minimum Gasteiger partial charge on any atom is -0.481 e. The molecule has 4 atom stereocenters. The first-order valence-electron chi connectivity index (χ1n) is 7.33. The average Bonchev–Trinajstić information content (AvgIpc) is 3.02. The Morgan fingerprint density at radius 2 is 1.80 bits per heavy atom. The van der Waals surface area contributed by atoms with Gasteiger partial charge in [-0.05, 0) is 37.5 Å². The van der Waals surface area contributed by atoms with E-state index >= 15 is 0 Å². The summed E-state index contributed by atoms with van der Waals surface area (Å²) in [5, 5.41) is 18.1. The van der Waals surface area contributed by atoms with Gasteiger partial charge >= 0.3 is 5.97 Å². The number of aliphatic hydroxyl groups is 1. The van der Waals surface area contributed by atoms with Crippen LogP contribution in [0.1, 0.15) is 25.7 Å². The van der Waals surface area contributed by atoms with Crippen molar-refractivity contribution < 1.29 is 19.8 Å². The fourth-order valence-electron chi connectivity index (χ4n) is 3.50. The first-order chi connectivity index (χ1) is 9.56. The molecule has 2 rings (SSSR count). The lowest BCUT2D eigenvalue weighted by atomic mass is 9.82. The summed E-state index contributed by atoms with van der Waals surface area (Å²) in [6, 6.07) is 0. The molecular formula is C15H23NO4. The van der Waals surface area contributed by atoms with Crippen LogP contribution >= 0.6 is 0 Å². The zero-order chi connectivity index (χ0) is 14.7. The first kappa shape index (κ1) is 15.0. The van der Waals surface area contributed by atoms with Gasteiger partial charge in [-0.25, -0.2) is 0 Å². The topological polar surface area (TPSA) is 77.8 Å². The summed E-state index contributed by atoms with van der Waals surface area (Å²) in [5.41, 5.74) is 0. The van der Waals surface area contributed by atoms with Gasteiger partial charge in [-0.15, -0.1) is 0 Å². The summed E-state index contributed by atoms with van der Waals surface area (Å²) < 4.78 is 0. The maximum absolute atomic E-state index is 12.5. The number of hydrogen-bond donors (Lipinski definition) is 2. The maximum atomic E-state index is 12.5. The summed E-state index contributed by atoms with van der Waals surface area (Å²) in [5.74, 6) is -1.74. The molecule has 2 bridgehead atoms. The van der Waals surface area contributed by atoms with E-state index < -0.39 is 17.8 Å². The van der Waals surface area contributed by atoms with Crippen molar-refractivity contribution in [3.63, 3.8) is 0 Å². The van der Waals surface area contributed by atoms with Crippen molar-refractivity contribution in [1.29, 1.82) is 0 Å². The SMILES string of the molecule is CN(CCCCCO)C(=O)C1C2C=CC(C2)C1C(=O)O. The molecule has 0 aliphatic heterocycles. The predicted octanol–water partition coefficient (Wildman–Crippen LogP) is 1.13. The number of allylic oxidation sites excluding steroid dienone is 2. The average molecular weight is 281 g/mol. The second-order valence-electron chi connectivity index (χ2n) is 5.88. The van der Waals surface area contributed by atoms with Crippen molar-refractivity contribution in [3.8, 4) is 0 Å². The van der Waals surface area contributed by atoms with Crippen LogP contribution in [0.2, 0.25) is 0 Å². The summed E-state index contributed by atoms with van der Waals surface area (Å²) in [6.45, 7) is 0.804. The zero-order valence-electron chi connectivity index (χ0n) is 11.9. The first-order valence-corrected chi connectivity index (χ1v) is 7.33. The standard InChI is InChI=1S/C15H23NO4/c1-16(7-3-2-4-8-17)14(18)12-10-5-6-11(9-10)13(12)15(19)20/h5-6,10-13,17H,2-4,7-9H2,1H3,(H,19,20). The Morgan fingerprint density at radius 1 is 1.15 bits per heavy atom. The molecule has 2 aliphatic rings. The molecule has 0 saturated heterocycles. The number of carbonyl (C=O) groups is 2. The number of unbranched alkanes of at least 4 members (excludes halogenated alkanes) is 2. The molecule has 5 heteroatoms. The van der Waals surface area contributed by atoms with Crippen molar-refractivity contribution in [1.82, 2.24) is 4.90 Å². The van der Waals surface area contributed by atoms with Crippen molar-refractivity contribution >= 4 is 11.9 Å². The number of hydrogen-bond acceptors (Lipinski definition) is 3. The molecule has 1 amide bonds. The number of amides is 1. The van der Waals surface area contributed by atoms with Gasteiger partial charge in [-0.2, -0.15) is 0 Å². The lowest BCUT2D eigenvalue weighted by molar-refractivity contribution is -0.150. The number of aliphatic carboxylic acids is 1. The van der Waals surface area contributed by atoms with Gasteiger partial charge in [0.2, 0.25) is 5.91 Å². The Morgan fingerprint density at radius 3 is 2.40 bits per heavy atom. The highest BCUT2D eigenvalue weighted by molar-refractivity contribution is 5.86. The van der Waals surface area contributed by atoms with Crippen LogP contribution in [0, 0.1) is 23.7 Å². The van der Waals surface area contributed by atoms with E-state index in [1.54, 1.807) is 11.9 Å². The second kappa shape index (κ2) is 6.39. The Kier molecular flexibility index (Phi) is 4.81. The van der Waals surface area contributed by atoms with E-state index in [1.165, 1.54) is 0 Å². The number of carbonyl (C=O) groups excluding carboxylic acids is 1. The molecule has 1 saturated carbocycles. The molecule has 0 heterocycles. The largest absolute Gasteiger partial charge is 0.481 e. The van der Waals surface area contributed by atoms with Gasteiger partial charge in [-0.1, -0.05) is 12.2 Å². The monoisotopic (exact) mass is 281 g/mol. The lowest BCUT2D eigenvalue weighted by Crippen LogP contribution is -2.41.